The molecule has 0 radical (unpaired) electrons. The number of rotatable bonds is 6. The minimum atomic E-state index is -3.40. The topological polar surface area (TPSA) is 92.8 Å². The number of aromatic amines is 1. The Balaban J connectivity index is 0.00000204. The van der Waals surface area contributed by atoms with Crippen molar-refractivity contribution in [1.82, 2.24) is 20.2 Å². The van der Waals surface area contributed by atoms with Crippen LogP contribution in [0.15, 0.2) is 41.6 Å². The fraction of sp³-hybridized carbons (Fsp3) is 0.143. The summed E-state index contributed by atoms with van der Waals surface area (Å²) >= 11 is 0. The zero-order valence-corrected chi connectivity index (χ0v) is 17.9. The van der Waals surface area contributed by atoms with Gasteiger partial charge in [-0.2, -0.15) is 5.10 Å². The van der Waals surface area contributed by atoms with Crippen LogP contribution in [0.5, 0.6) is 5.75 Å². The van der Waals surface area contributed by atoms with Gasteiger partial charge in [0, 0.05) is 25.7 Å². The Morgan fingerprint density at radius 2 is 1.97 bits per heavy atom. The highest BCUT2D eigenvalue weighted by molar-refractivity contribution is 8.01. The first-order chi connectivity index (χ1) is 15.2. The molecule has 2 N–H and O–H groups in total. The standard InChI is InChI=1S/C21H18F3N5O2S.2H2/c1-11-15-6-13(8-26-21(15)28-27-11)10-31-20-16(23)4-5-17(19(20)24)29-32(3,30)18-7-14(22)9-25-12(18)2;;/h4-9H,3,10H2,1-2H3,(H,29,30)(H,26,27,28);2*1H. The van der Waals surface area contributed by atoms with Crippen LogP contribution < -0.4 is 9.46 Å². The number of aryl methyl sites for hydroxylation is 2. The Hall–Kier alpha value is -3.60. The van der Waals surface area contributed by atoms with Gasteiger partial charge in [0.2, 0.25) is 0 Å². The highest BCUT2D eigenvalue weighted by atomic mass is 32.2. The van der Waals surface area contributed by atoms with E-state index in [4.69, 9.17) is 4.74 Å². The number of fused-ring (bicyclic) bond motifs is 1. The molecule has 0 saturated carbocycles. The molecule has 4 rings (SSSR count). The molecule has 0 fully saturated rings. The lowest BCUT2D eigenvalue weighted by atomic mass is 10.2. The number of benzene rings is 1. The number of pyridine rings is 2. The van der Waals surface area contributed by atoms with Crippen molar-refractivity contribution in [3.63, 3.8) is 0 Å². The van der Waals surface area contributed by atoms with Gasteiger partial charge in [0.25, 0.3) is 0 Å². The first-order valence-electron chi connectivity index (χ1n) is 9.33. The molecule has 11 heteroatoms. The number of hydrogen-bond donors (Lipinski definition) is 2. The molecular weight excluding hydrogens is 443 g/mol. The predicted molar refractivity (Wildman–Crippen MR) is 120 cm³/mol. The molecule has 0 aliphatic carbocycles. The van der Waals surface area contributed by atoms with Crippen molar-refractivity contribution < 1.29 is 25.0 Å². The second kappa shape index (κ2) is 8.15. The van der Waals surface area contributed by atoms with Crippen LogP contribution in [0.2, 0.25) is 0 Å². The fourth-order valence-corrected chi connectivity index (χ4v) is 4.55. The van der Waals surface area contributed by atoms with Crippen molar-refractivity contribution in [3.8, 4) is 5.75 Å². The Kier molecular flexibility index (Phi) is 5.51. The zero-order chi connectivity index (χ0) is 23.0. The van der Waals surface area contributed by atoms with Crippen LogP contribution in [0.1, 0.15) is 19.8 Å². The number of ether oxygens (including phenoxy) is 1. The average molecular weight is 466 g/mol. The van der Waals surface area contributed by atoms with Crippen LogP contribution in [0.3, 0.4) is 0 Å². The number of nitrogens with one attached hydrogen (secondary N) is 2. The van der Waals surface area contributed by atoms with Crippen LogP contribution in [-0.4, -0.2) is 30.2 Å². The molecule has 0 bridgehead atoms. The maximum Gasteiger partial charge on any atom is 0.193 e. The largest absolute Gasteiger partial charge is 0.483 e. The summed E-state index contributed by atoms with van der Waals surface area (Å²) < 4.78 is 63.8. The van der Waals surface area contributed by atoms with Gasteiger partial charge in [-0.05, 0) is 44.0 Å². The predicted octanol–water partition coefficient (Wildman–Crippen LogP) is 4.56. The van der Waals surface area contributed by atoms with Gasteiger partial charge in [-0.3, -0.25) is 10.1 Å². The summed E-state index contributed by atoms with van der Waals surface area (Å²) in [4.78, 5) is 7.94. The Morgan fingerprint density at radius 1 is 1.19 bits per heavy atom. The van der Waals surface area contributed by atoms with Crippen molar-refractivity contribution in [2.45, 2.75) is 25.3 Å². The van der Waals surface area contributed by atoms with Gasteiger partial charge in [-0.15, -0.1) is 0 Å². The summed E-state index contributed by atoms with van der Waals surface area (Å²) in [6.07, 6.45) is 2.46. The van der Waals surface area contributed by atoms with E-state index in [1.54, 1.807) is 6.07 Å². The summed E-state index contributed by atoms with van der Waals surface area (Å²) in [5.41, 5.74) is 1.83. The molecule has 0 spiro atoms. The first kappa shape index (κ1) is 21.6. The van der Waals surface area contributed by atoms with Crippen LogP contribution in [0, 0.1) is 31.3 Å². The first-order valence-corrected chi connectivity index (χ1v) is 11.1. The lowest BCUT2D eigenvalue weighted by Gasteiger charge is -2.17. The van der Waals surface area contributed by atoms with Crippen molar-refractivity contribution in [2.24, 2.45) is 0 Å². The van der Waals surface area contributed by atoms with E-state index >= 15 is 4.39 Å². The third kappa shape index (κ3) is 4.11. The molecule has 0 saturated heterocycles. The van der Waals surface area contributed by atoms with E-state index in [0.717, 1.165) is 35.5 Å². The van der Waals surface area contributed by atoms with E-state index in [1.165, 1.54) is 13.1 Å². The second-order valence-electron chi connectivity index (χ2n) is 7.10. The van der Waals surface area contributed by atoms with Gasteiger partial charge >= 0.3 is 0 Å². The molecule has 32 heavy (non-hydrogen) atoms. The van der Waals surface area contributed by atoms with E-state index in [0.29, 0.717) is 11.2 Å². The monoisotopic (exact) mass is 465 g/mol. The van der Waals surface area contributed by atoms with E-state index in [9.17, 15) is 13.0 Å². The van der Waals surface area contributed by atoms with Crippen molar-refractivity contribution in [3.05, 3.63) is 71.1 Å². The molecule has 0 aliphatic rings. The molecule has 1 atom stereocenters. The van der Waals surface area contributed by atoms with Crippen LogP contribution in [0.25, 0.3) is 11.0 Å². The number of aromatic nitrogens is 4. The molecule has 3 heterocycles. The number of H-pyrrole nitrogens is 1. The molecule has 4 aromatic rings. The minimum absolute atomic E-state index is 0. The van der Waals surface area contributed by atoms with Crippen molar-refractivity contribution >= 4 is 32.3 Å². The normalized spacial score (nSPS) is 13.2. The summed E-state index contributed by atoms with van der Waals surface area (Å²) in [7, 11) is -3.40. The van der Waals surface area contributed by atoms with Gasteiger partial charge < -0.3 is 9.46 Å². The van der Waals surface area contributed by atoms with E-state index in [-0.39, 0.29) is 25.7 Å². The summed E-state index contributed by atoms with van der Waals surface area (Å²) in [6, 6.07) is 4.79. The molecule has 0 aliphatic heterocycles. The van der Waals surface area contributed by atoms with Gasteiger partial charge in [0.15, 0.2) is 23.0 Å². The van der Waals surface area contributed by atoms with Gasteiger partial charge in [-0.1, -0.05) is 0 Å². The van der Waals surface area contributed by atoms with Gasteiger partial charge in [0.05, 0.1) is 32.2 Å². The number of anilines is 1. The lowest BCUT2D eigenvalue weighted by molar-refractivity contribution is 0.274. The molecule has 0 amide bonds. The maximum atomic E-state index is 15.0. The Morgan fingerprint density at radius 3 is 2.75 bits per heavy atom. The van der Waals surface area contributed by atoms with E-state index in [1.807, 2.05) is 6.92 Å². The van der Waals surface area contributed by atoms with Crippen LogP contribution >= 0.6 is 0 Å². The number of hydrogen-bond acceptors (Lipinski definition) is 5. The summed E-state index contributed by atoms with van der Waals surface area (Å²) in [5, 5.41) is 7.59. The zero-order valence-electron chi connectivity index (χ0n) is 17.1. The molecule has 170 valence electrons. The highest BCUT2D eigenvalue weighted by Gasteiger charge is 2.20. The summed E-state index contributed by atoms with van der Waals surface area (Å²) in [5.74, 6) is 0.124. The van der Waals surface area contributed by atoms with Crippen molar-refractivity contribution in [1.29, 1.82) is 0 Å². The van der Waals surface area contributed by atoms with Gasteiger partial charge in [-0.25, -0.2) is 22.4 Å². The van der Waals surface area contributed by atoms with Crippen LogP contribution in [0.4, 0.5) is 18.9 Å². The molecule has 3 aromatic heterocycles. The smallest absolute Gasteiger partial charge is 0.193 e. The fourth-order valence-electron chi connectivity index (χ4n) is 3.10. The third-order valence-electron chi connectivity index (χ3n) is 4.73. The van der Waals surface area contributed by atoms with Gasteiger partial charge in [0.1, 0.15) is 12.4 Å². The molecule has 1 unspecified atom stereocenters. The lowest BCUT2D eigenvalue weighted by Crippen LogP contribution is -2.16. The minimum Gasteiger partial charge on any atom is -0.483 e. The van der Waals surface area contributed by atoms with Crippen molar-refractivity contribution in [2.75, 3.05) is 4.72 Å². The number of nitrogens with zero attached hydrogens (tertiary/aromatic N) is 3. The maximum absolute atomic E-state index is 15.0. The van der Waals surface area contributed by atoms with Crippen LogP contribution in [-0.2, 0) is 16.3 Å². The summed E-state index contributed by atoms with van der Waals surface area (Å²) in [6.45, 7) is 3.17. The van der Waals surface area contributed by atoms with E-state index in [2.05, 4.69) is 30.8 Å². The molecular formula is C21H22F3N5O2S. The molecule has 1 aromatic carbocycles. The Labute approximate surface area is 184 Å². The number of halogens is 3. The SMILES string of the molecule is C=S(=O)(Nc1ccc(F)c(OCc2cnc3n[nH]c(C)c3c2)c1F)c1cc(F)cnc1C.[HH].[HH]. The quantitative estimate of drug-likeness (QED) is 0.407. The third-order valence-corrected chi connectivity index (χ3v) is 6.40. The average Bonchev–Trinajstić information content (AvgIpc) is 3.12. The second-order valence-corrected chi connectivity index (χ2v) is 9.10. The Bertz CT molecular complexity index is 1450. The highest BCUT2D eigenvalue weighted by Crippen LogP contribution is 2.31. The molecule has 7 nitrogen and oxygen atoms in total. The van der Waals surface area contributed by atoms with E-state index < -0.39 is 32.9 Å².